The molecule has 1 aromatic heterocycles. The van der Waals surface area contributed by atoms with E-state index in [-0.39, 0.29) is 5.91 Å². The molecule has 0 aromatic carbocycles. The highest BCUT2D eigenvalue weighted by Crippen LogP contribution is 2.28. The van der Waals surface area contributed by atoms with Crippen LogP contribution < -0.4 is 0 Å². The van der Waals surface area contributed by atoms with Gasteiger partial charge in [-0.15, -0.1) is 0 Å². The molecule has 1 saturated carbocycles. The van der Waals surface area contributed by atoms with E-state index in [4.69, 9.17) is 0 Å². The lowest BCUT2D eigenvalue weighted by Gasteiger charge is -2.21. The van der Waals surface area contributed by atoms with Gasteiger partial charge in [-0.2, -0.15) is 5.10 Å². The molecule has 82 valence electrons. The lowest BCUT2D eigenvalue weighted by Crippen LogP contribution is -2.33. The number of nitrogens with one attached hydrogen (secondary N) is 1. The fourth-order valence-corrected chi connectivity index (χ4v) is 1.70. The predicted octanol–water partition coefficient (Wildman–Crippen LogP) is 1.81. The summed E-state index contributed by atoms with van der Waals surface area (Å²) in [5.74, 6) is 0.125. The Kier molecular flexibility index (Phi) is 3.04. The van der Waals surface area contributed by atoms with Gasteiger partial charge >= 0.3 is 0 Å². The van der Waals surface area contributed by atoms with Crippen LogP contribution >= 0.6 is 0 Å². The van der Waals surface area contributed by atoms with E-state index in [1.807, 2.05) is 4.90 Å². The van der Waals surface area contributed by atoms with Crippen LogP contribution in [0.25, 0.3) is 0 Å². The summed E-state index contributed by atoms with van der Waals surface area (Å²) in [6.07, 6.45) is 7.80. The SMILES string of the molecule is CCCCN(C(=O)c1cn[nH]c1)C1CC1. The number of nitrogens with zero attached hydrogens (tertiary/aromatic N) is 2. The number of amides is 1. The van der Waals surface area contributed by atoms with Crippen LogP contribution in [0.1, 0.15) is 43.0 Å². The molecule has 1 fully saturated rings. The van der Waals surface area contributed by atoms with Crippen LogP contribution in [0.4, 0.5) is 0 Å². The van der Waals surface area contributed by atoms with E-state index in [9.17, 15) is 4.79 Å². The molecule has 0 spiro atoms. The van der Waals surface area contributed by atoms with Crippen molar-refractivity contribution in [2.75, 3.05) is 6.54 Å². The van der Waals surface area contributed by atoms with Gasteiger partial charge in [0.1, 0.15) is 0 Å². The lowest BCUT2D eigenvalue weighted by molar-refractivity contribution is 0.0741. The van der Waals surface area contributed by atoms with Gasteiger partial charge in [0.05, 0.1) is 11.8 Å². The van der Waals surface area contributed by atoms with Gasteiger partial charge in [-0.1, -0.05) is 13.3 Å². The first-order valence-corrected chi connectivity index (χ1v) is 5.62. The Balaban J connectivity index is 2.01. The van der Waals surface area contributed by atoms with E-state index in [1.54, 1.807) is 12.4 Å². The quantitative estimate of drug-likeness (QED) is 0.800. The molecular formula is C11H17N3O. The number of carbonyl (C=O) groups is 1. The zero-order valence-electron chi connectivity index (χ0n) is 9.07. The second kappa shape index (κ2) is 4.47. The van der Waals surface area contributed by atoms with Crippen LogP contribution in [-0.4, -0.2) is 33.6 Å². The van der Waals surface area contributed by atoms with Crippen LogP contribution in [0.5, 0.6) is 0 Å². The van der Waals surface area contributed by atoms with Crippen molar-refractivity contribution >= 4 is 5.91 Å². The van der Waals surface area contributed by atoms with Gasteiger partial charge in [-0.3, -0.25) is 9.89 Å². The average Bonchev–Trinajstić information content (AvgIpc) is 2.94. The number of aromatic amines is 1. The zero-order chi connectivity index (χ0) is 10.7. The minimum atomic E-state index is 0.125. The fraction of sp³-hybridized carbons (Fsp3) is 0.636. The average molecular weight is 207 g/mol. The van der Waals surface area contributed by atoms with Crippen molar-refractivity contribution < 1.29 is 4.79 Å². The maximum atomic E-state index is 12.1. The molecule has 0 bridgehead atoms. The molecular weight excluding hydrogens is 190 g/mol. The van der Waals surface area contributed by atoms with Gasteiger partial charge in [0.2, 0.25) is 0 Å². The fourth-order valence-electron chi connectivity index (χ4n) is 1.70. The smallest absolute Gasteiger partial charge is 0.257 e. The molecule has 0 aliphatic heterocycles. The van der Waals surface area contributed by atoms with E-state index in [0.717, 1.165) is 32.2 Å². The van der Waals surface area contributed by atoms with Crippen molar-refractivity contribution in [1.29, 1.82) is 0 Å². The maximum absolute atomic E-state index is 12.1. The van der Waals surface area contributed by atoms with E-state index < -0.39 is 0 Å². The molecule has 1 heterocycles. The molecule has 0 unspecified atom stereocenters. The molecule has 4 heteroatoms. The second-order valence-corrected chi connectivity index (χ2v) is 4.07. The molecule has 0 saturated heterocycles. The Morgan fingerprint density at radius 1 is 1.67 bits per heavy atom. The molecule has 4 nitrogen and oxygen atoms in total. The topological polar surface area (TPSA) is 49.0 Å². The van der Waals surface area contributed by atoms with E-state index >= 15 is 0 Å². The first-order valence-electron chi connectivity index (χ1n) is 5.62. The first-order chi connectivity index (χ1) is 7.33. The van der Waals surface area contributed by atoms with Gasteiger partial charge in [0, 0.05) is 18.8 Å². The summed E-state index contributed by atoms with van der Waals surface area (Å²) in [6, 6.07) is 0.485. The summed E-state index contributed by atoms with van der Waals surface area (Å²) >= 11 is 0. The first kappa shape index (κ1) is 10.2. The van der Waals surface area contributed by atoms with Gasteiger partial charge in [-0.05, 0) is 19.3 Å². The third-order valence-electron chi connectivity index (χ3n) is 2.75. The molecule has 0 atom stereocenters. The van der Waals surface area contributed by atoms with E-state index in [2.05, 4.69) is 17.1 Å². The lowest BCUT2D eigenvalue weighted by atomic mass is 10.2. The van der Waals surface area contributed by atoms with Gasteiger partial charge in [0.25, 0.3) is 5.91 Å². The van der Waals surface area contributed by atoms with Crippen molar-refractivity contribution in [2.24, 2.45) is 0 Å². The third-order valence-corrected chi connectivity index (χ3v) is 2.75. The van der Waals surface area contributed by atoms with Crippen LogP contribution in [0, 0.1) is 0 Å². The third kappa shape index (κ3) is 2.37. The largest absolute Gasteiger partial charge is 0.336 e. The van der Waals surface area contributed by atoms with E-state index in [1.165, 1.54) is 0 Å². The summed E-state index contributed by atoms with van der Waals surface area (Å²) in [4.78, 5) is 14.1. The number of hydrogen-bond donors (Lipinski definition) is 1. The number of H-pyrrole nitrogens is 1. The summed E-state index contributed by atoms with van der Waals surface area (Å²) < 4.78 is 0. The van der Waals surface area contributed by atoms with Crippen molar-refractivity contribution in [3.63, 3.8) is 0 Å². The Labute approximate surface area is 89.7 Å². The summed E-state index contributed by atoms with van der Waals surface area (Å²) in [5.41, 5.74) is 0.679. The van der Waals surface area contributed by atoms with Crippen molar-refractivity contribution in [3.8, 4) is 0 Å². The van der Waals surface area contributed by atoms with Crippen LogP contribution in [0.3, 0.4) is 0 Å². The molecule has 1 aromatic rings. The van der Waals surface area contributed by atoms with E-state index in [0.29, 0.717) is 11.6 Å². The number of rotatable bonds is 5. The molecule has 1 N–H and O–H groups in total. The molecule has 1 aliphatic carbocycles. The molecule has 15 heavy (non-hydrogen) atoms. The van der Waals surface area contributed by atoms with Gasteiger partial charge < -0.3 is 4.90 Å². The highest BCUT2D eigenvalue weighted by atomic mass is 16.2. The number of aromatic nitrogens is 2. The van der Waals surface area contributed by atoms with Crippen molar-refractivity contribution in [2.45, 2.75) is 38.6 Å². The Morgan fingerprint density at radius 3 is 3.00 bits per heavy atom. The minimum Gasteiger partial charge on any atom is -0.336 e. The normalized spacial score (nSPS) is 15.3. The number of unbranched alkanes of at least 4 members (excludes halogenated alkanes) is 1. The summed E-state index contributed by atoms with van der Waals surface area (Å²) in [5, 5.41) is 6.50. The molecule has 0 radical (unpaired) electrons. The van der Waals surface area contributed by atoms with Crippen molar-refractivity contribution in [3.05, 3.63) is 18.0 Å². The monoisotopic (exact) mass is 207 g/mol. The highest BCUT2D eigenvalue weighted by molar-refractivity contribution is 5.94. The van der Waals surface area contributed by atoms with Crippen LogP contribution in [-0.2, 0) is 0 Å². The standard InChI is InChI=1S/C11H17N3O/c1-2-3-6-14(10-4-5-10)11(15)9-7-12-13-8-9/h7-8,10H,2-6H2,1H3,(H,12,13). The second-order valence-electron chi connectivity index (χ2n) is 4.07. The number of carbonyl (C=O) groups excluding carboxylic acids is 1. The van der Waals surface area contributed by atoms with Gasteiger partial charge in [-0.25, -0.2) is 0 Å². The Morgan fingerprint density at radius 2 is 2.47 bits per heavy atom. The zero-order valence-corrected chi connectivity index (χ0v) is 9.07. The van der Waals surface area contributed by atoms with Crippen molar-refractivity contribution in [1.82, 2.24) is 15.1 Å². The molecule has 1 amide bonds. The van der Waals surface area contributed by atoms with Crippen LogP contribution in [0.2, 0.25) is 0 Å². The van der Waals surface area contributed by atoms with Crippen LogP contribution in [0.15, 0.2) is 12.4 Å². The Bertz CT molecular complexity index is 317. The molecule has 1 aliphatic rings. The summed E-state index contributed by atoms with van der Waals surface area (Å²) in [6.45, 7) is 3.03. The minimum absolute atomic E-state index is 0.125. The predicted molar refractivity (Wildman–Crippen MR) is 57.6 cm³/mol. The summed E-state index contributed by atoms with van der Waals surface area (Å²) in [7, 11) is 0. The van der Waals surface area contributed by atoms with Gasteiger partial charge in [0.15, 0.2) is 0 Å². The maximum Gasteiger partial charge on any atom is 0.257 e. The molecule has 2 rings (SSSR count). The Hall–Kier alpha value is -1.32. The highest BCUT2D eigenvalue weighted by Gasteiger charge is 2.32. The number of hydrogen-bond acceptors (Lipinski definition) is 2.